The van der Waals surface area contributed by atoms with Crippen molar-refractivity contribution in [1.82, 2.24) is 0 Å². The molecule has 1 aliphatic heterocycles. The van der Waals surface area contributed by atoms with E-state index in [4.69, 9.17) is 4.74 Å². The Kier molecular flexibility index (Phi) is 5.93. The van der Waals surface area contributed by atoms with Crippen LogP contribution >= 0.6 is 0 Å². The zero-order chi connectivity index (χ0) is 20.5. The van der Waals surface area contributed by atoms with Gasteiger partial charge in [-0.25, -0.2) is 0 Å². The Hall–Kier alpha value is -1.77. The number of allylic oxidation sites excluding steroid dienone is 2. The van der Waals surface area contributed by atoms with E-state index in [1.165, 1.54) is 25.7 Å². The third-order valence-corrected chi connectivity index (χ3v) is 6.88. The van der Waals surface area contributed by atoms with Crippen molar-refractivity contribution in [3.63, 3.8) is 0 Å². The zero-order valence-corrected chi connectivity index (χ0v) is 18.2. The Balaban J connectivity index is 1.97. The Morgan fingerprint density at radius 2 is 2.00 bits per heavy atom. The molecular weight excluding hydrogens is 348 g/mol. The summed E-state index contributed by atoms with van der Waals surface area (Å²) in [6.45, 7) is 11.0. The Bertz CT molecular complexity index is 757. The van der Waals surface area contributed by atoms with Crippen molar-refractivity contribution in [1.29, 1.82) is 0 Å². The van der Waals surface area contributed by atoms with Crippen LogP contribution in [-0.2, 0) is 10.2 Å². The van der Waals surface area contributed by atoms with Crippen molar-refractivity contribution in [2.24, 2.45) is 5.92 Å². The first-order valence-electron chi connectivity index (χ1n) is 10.9. The van der Waals surface area contributed by atoms with E-state index in [0.717, 1.165) is 48.0 Å². The second-order valence-corrected chi connectivity index (χ2v) is 9.84. The average molecular weight is 385 g/mol. The molecule has 3 heteroatoms. The van der Waals surface area contributed by atoms with E-state index in [2.05, 4.69) is 46.8 Å². The summed E-state index contributed by atoms with van der Waals surface area (Å²) in [5, 5.41) is 11.0. The molecule has 1 aromatic rings. The second-order valence-electron chi connectivity index (χ2n) is 9.84. The summed E-state index contributed by atoms with van der Waals surface area (Å²) in [7, 11) is 0. The number of hydrogen-bond acceptors (Lipinski definition) is 3. The monoisotopic (exact) mass is 384 g/mol. The van der Waals surface area contributed by atoms with Gasteiger partial charge in [0.25, 0.3) is 0 Å². The predicted octanol–water partition coefficient (Wildman–Crippen LogP) is 6.43. The van der Waals surface area contributed by atoms with Gasteiger partial charge in [0.15, 0.2) is 0 Å². The van der Waals surface area contributed by atoms with Crippen LogP contribution in [-0.4, -0.2) is 17.0 Å². The maximum absolute atomic E-state index is 11.4. The van der Waals surface area contributed by atoms with E-state index in [1.807, 2.05) is 6.07 Å². The van der Waals surface area contributed by atoms with Gasteiger partial charge in [-0.15, -0.1) is 0 Å². The van der Waals surface area contributed by atoms with Gasteiger partial charge in [-0.2, -0.15) is 0 Å². The number of phenols is 1. The van der Waals surface area contributed by atoms with Crippen LogP contribution in [0.5, 0.6) is 11.5 Å². The molecule has 0 radical (unpaired) electrons. The van der Waals surface area contributed by atoms with Gasteiger partial charge in [-0.3, -0.25) is 4.79 Å². The number of aromatic hydroxyl groups is 1. The number of carbonyl (C=O) groups is 1. The van der Waals surface area contributed by atoms with E-state index in [1.54, 1.807) is 0 Å². The van der Waals surface area contributed by atoms with Gasteiger partial charge in [0.2, 0.25) is 0 Å². The summed E-state index contributed by atoms with van der Waals surface area (Å²) in [5.41, 5.74) is 2.49. The second kappa shape index (κ2) is 7.93. The summed E-state index contributed by atoms with van der Waals surface area (Å²) in [6, 6.07) is 4.07. The minimum Gasteiger partial charge on any atom is -0.507 e. The summed E-state index contributed by atoms with van der Waals surface area (Å²) >= 11 is 0. The van der Waals surface area contributed by atoms with Crippen molar-refractivity contribution in [2.45, 2.75) is 96.5 Å². The molecule has 1 aliphatic carbocycles. The van der Waals surface area contributed by atoms with Gasteiger partial charge >= 0.3 is 0 Å². The maximum Gasteiger partial charge on any atom is 0.145 e. The van der Waals surface area contributed by atoms with E-state index >= 15 is 0 Å². The van der Waals surface area contributed by atoms with Crippen molar-refractivity contribution in [2.75, 3.05) is 0 Å². The molecule has 2 atom stereocenters. The van der Waals surface area contributed by atoms with Crippen molar-refractivity contribution in [3.05, 3.63) is 34.9 Å². The number of benzene rings is 1. The number of ether oxygens (including phenoxy) is 1. The zero-order valence-electron chi connectivity index (χ0n) is 18.2. The van der Waals surface area contributed by atoms with Gasteiger partial charge in [-0.05, 0) is 61.8 Å². The number of carbonyl (C=O) groups excluding carboxylic acids is 1. The van der Waals surface area contributed by atoms with E-state index < -0.39 is 0 Å². The van der Waals surface area contributed by atoms with Crippen LogP contribution in [0.25, 0.3) is 0 Å². The molecule has 0 bridgehead atoms. The van der Waals surface area contributed by atoms with E-state index in [9.17, 15) is 9.90 Å². The number of phenolic OH excluding ortho intramolecular Hbond substituents is 1. The molecule has 0 spiro atoms. The molecule has 0 aromatic heterocycles. The Morgan fingerprint density at radius 3 is 2.68 bits per heavy atom. The van der Waals surface area contributed by atoms with Crippen LogP contribution in [0.1, 0.15) is 96.6 Å². The molecule has 1 N–H and O–H groups in total. The highest BCUT2D eigenvalue weighted by molar-refractivity contribution is 5.74. The quantitative estimate of drug-likeness (QED) is 0.435. The fraction of sp³-hybridized carbons (Fsp3) is 0.640. The fourth-order valence-electron chi connectivity index (χ4n) is 5.01. The summed E-state index contributed by atoms with van der Waals surface area (Å²) in [4.78, 5) is 11.4. The lowest BCUT2D eigenvalue weighted by atomic mass is 9.67. The molecule has 1 heterocycles. The van der Waals surface area contributed by atoms with Crippen LogP contribution in [0.15, 0.2) is 23.8 Å². The number of hydrogen-bond donors (Lipinski definition) is 1. The van der Waals surface area contributed by atoms with E-state index in [0.29, 0.717) is 5.75 Å². The van der Waals surface area contributed by atoms with Gasteiger partial charge in [0.1, 0.15) is 23.4 Å². The molecular formula is C25H36O3. The molecule has 0 saturated heterocycles. The highest BCUT2D eigenvalue weighted by Gasteiger charge is 2.45. The highest BCUT2D eigenvalue weighted by atomic mass is 16.5. The molecule has 2 unspecified atom stereocenters. The summed E-state index contributed by atoms with van der Waals surface area (Å²) in [6.07, 6.45) is 10.8. The Morgan fingerprint density at radius 1 is 1.25 bits per heavy atom. The maximum atomic E-state index is 11.4. The molecule has 2 aliphatic rings. The smallest absolute Gasteiger partial charge is 0.145 e. The first-order chi connectivity index (χ1) is 13.2. The van der Waals surface area contributed by atoms with Crippen LogP contribution in [0.2, 0.25) is 0 Å². The molecule has 0 fully saturated rings. The molecule has 0 saturated carbocycles. The number of fused-ring (bicyclic) bond motifs is 3. The highest BCUT2D eigenvalue weighted by Crippen LogP contribution is 2.54. The van der Waals surface area contributed by atoms with Crippen LogP contribution < -0.4 is 4.74 Å². The number of rotatable bonds is 7. The lowest BCUT2D eigenvalue weighted by molar-refractivity contribution is -0.105. The molecule has 0 amide bonds. The summed E-state index contributed by atoms with van der Waals surface area (Å²) in [5.74, 6) is 1.39. The van der Waals surface area contributed by atoms with E-state index in [-0.39, 0.29) is 22.9 Å². The topological polar surface area (TPSA) is 46.5 Å². The molecule has 1 aromatic carbocycles. The normalized spacial score (nSPS) is 23.2. The average Bonchev–Trinajstić information content (AvgIpc) is 2.63. The SMILES string of the molecule is CCCCCCC(C)(C)c1cc(O)c2c(c1)OC(C)(C)C1CCC(C=O)=CC21. The number of unbranched alkanes of at least 4 members (excludes halogenated alkanes) is 3. The molecule has 28 heavy (non-hydrogen) atoms. The van der Waals surface area contributed by atoms with Crippen molar-refractivity contribution in [3.8, 4) is 11.5 Å². The van der Waals surface area contributed by atoms with Gasteiger partial charge in [-0.1, -0.05) is 52.5 Å². The number of aldehydes is 1. The molecule has 3 rings (SSSR count). The Labute approximate surface area is 170 Å². The van der Waals surface area contributed by atoms with Gasteiger partial charge < -0.3 is 9.84 Å². The largest absolute Gasteiger partial charge is 0.507 e. The van der Waals surface area contributed by atoms with Crippen LogP contribution in [0, 0.1) is 5.92 Å². The summed E-state index contributed by atoms with van der Waals surface area (Å²) < 4.78 is 6.44. The standard InChI is InChI=1S/C25H36O3/c1-6-7-8-9-12-24(2,3)18-14-21(27)23-19-13-17(16-26)10-11-20(19)25(4,5)28-22(23)15-18/h13-16,19-20,27H,6-12H2,1-5H3. The third-order valence-electron chi connectivity index (χ3n) is 6.88. The van der Waals surface area contributed by atoms with Crippen LogP contribution in [0.3, 0.4) is 0 Å². The predicted molar refractivity (Wildman–Crippen MR) is 114 cm³/mol. The third kappa shape index (κ3) is 3.99. The van der Waals surface area contributed by atoms with Gasteiger partial charge in [0.05, 0.1) is 0 Å². The van der Waals surface area contributed by atoms with Crippen molar-refractivity contribution < 1.29 is 14.6 Å². The molecule has 3 nitrogen and oxygen atoms in total. The van der Waals surface area contributed by atoms with Crippen molar-refractivity contribution >= 4 is 6.29 Å². The lowest BCUT2D eigenvalue weighted by Gasteiger charge is -2.46. The minimum absolute atomic E-state index is 0.0129. The van der Waals surface area contributed by atoms with Crippen LogP contribution in [0.4, 0.5) is 0 Å². The first-order valence-corrected chi connectivity index (χ1v) is 10.9. The minimum atomic E-state index is -0.321. The molecule has 154 valence electrons. The fourth-order valence-corrected chi connectivity index (χ4v) is 5.01. The van der Waals surface area contributed by atoms with Gasteiger partial charge in [0, 0.05) is 17.4 Å². The first kappa shape index (κ1) is 21.0. The lowest BCUT2D eigenvalue weighted by Crippen LogP contribution is -2.45.